The summed E-state index contributed by atoms with van der Waals surface area (Å²) in [7, 11) is 0. The maximum absolute atomic E-state index is 12.8. The molecule has 0 saturated carbocycles. The number of likely N-dealkylation sites (N-methyl/N-ethyl adjacent to an activating group) is 1. The molecule has 3 rings (SSSR count). The number of hydrogen-bond acceptors (Lipinski definition) is 4. The van der Waals surface area contributed by atoms with Gasteiger partial charge in [0.25, 0.3) is 5.91 Å². The molecule has 0 bridgehead atoms. The predicted molar refractivity (Wildman–Crippen MR) is 108 cm³/mol. The largest absolute Gasteiger partial charge is 0.448 e. The van der Waals surface area contributed by atoms with Crippen LogP contribution in [0.1, 0.15) is 24.3 Å². The van der Waals surface area contributed by atoms with Crippen LogP contribution in [-0.2, 0) is 9.53 Å². The van der Waals surface area contributed by atoms with Crippen molar-refractivity contribution in [3.05, 3.63) is 71.4 Å². The normalized spacial score (nSPS) is 11.7. The van der Waals surface area contributed by atoms with E-state index in [1.807, 2.05) is 42.5 Å². The van der Waals surface area contributed by atoms with Gasteiger partial charge in [-0.05, 0) is 44.2 Å². The minimum atomic E-state index is -0.912. The molecule has 1 aromatic heterocycles. The molecule has 6 nitrogen and oxygen atoms in total. The van der Waals surface area contributed by atoms with Gasteiger partial charge in [-0.2, -0.15) is 5.10 Å². The maximum Gasteiger partial charge on any atom is 0.357 e. The highest BCUT2D eigenvalue weighted by Gasteiger charge is 2.23. The molecule has 0 fully saturated rings. The van der Waals surface area contributed by atoms with Crippen LogP contribution >= 0.6 is 11.6 Å². The van der Waals surface area contributed by atoms with Crippen LogP contribution in [0.5, 0.6) is 0 Å². The number of benzene rings is 2. The molecule has 2 aromatic carbocycles. The van der Waals surface area contributed by atoms with Crippen molar-refractivity contribution in [2.75, 3.05) is 6.54 Å². The molecule has 1 atom stereocenters. The van der Waals surface area contributed by atoms with Crippen LogP contribution in [-0.4, -0.2) is 34.3 Å². The lowest BCUT2D eigenvalue weighted by Crippen LogP contribution is -2.35. The van der Waals surface area contributed by atoms with Crippen LogP contribution in [0.4, 0.5) is 0 Å². The molecule has 1 heterocycles. The summed E-state index contributed by atoms with van der Waals surface area (Å²) in [4.78, 5) is 24.7. The summed E-state index contributed by atoms with van der Waals surface area (Å²) in [5, 5.41) is 7.81. The first kappa shape index (κ1) is 19.6. The lowest BCUT2D eigenvalue weighted by molar-refractivity contribution is -0.128. The number of rotatable bonds is 6. The van der Waals surface area contributed by atoms with Crippen molar-refractivity contribution in [3.63, 3.8) is 0 Å². The van der Waals surface area contributed by atoms with E-state index in [-0.39, 0.29) is 11.6 Å². The Hall–Kier alpha value is -3.12. The SMILES string of the molecule is CCNC(=O)[C@H](C)OC(=O)c1cc(-c2ccc(Cl)cc2)nn1-c1ccccc1. The third-order valence-electron chi connectivity index (χ3n) is 4.06. The van der Waals surface area contributed by atoms with Crippen molar-refractivity contribution in [1.82, 2.24) is 15.1 Å². The summed E-state index contributed by atoms with van der Waals surface area (Å²) < 4.78 is 6.86. The Morgan fingerprint density at radius 1 is 1.14 bits per heavy atom. The Labute approximate surface area is 168 Å². The van der Waals surface area contributed by atoms with E-state index >= 15 is 0 Å². The molecular formula is C21H20ClN3O3. The first-order chi connectivity index (χ1) is 13.5. The molecule has 0 aliphatic heterocycles. The summed E-state index contributed by atoms with van der Waals surface area (Å²) in [5.41, 5.74) is 2.34. The third-order valence-corrected chi connectivity index (χ3v) is 4.32. The van der Waals surface area contributed by atoms with Crippen LogP contribution < -0.4 is 5.32 Å². The van der Waals surface area contributed by atoms with Crippen LogP contribution in [0.15, 0.2) is 60.7 Å². The average molecular weight is 398 g/mol. The molecule has 0 aliphatic carbocycles. The third kappa shape index (κ3) is 4.40. The number of nitrogens with one attached hydrogen (secondary N) is 1. The molecule has 28 heavy (non-hydrogen) atoms. The van der Waals surface area contributed by atoms with Gasteiger partial charge in [0.15, 0.2) is 11.8 Å². The van der Waals surface area contributed by atoms with Crippen molar-refractivity contribution in [2.45, 2.75) is 20.0 Å². The van der Waals surface area contributed by atoms with Gasteiger partial charge in [0.05, 0.1) is 11.4 Å². The minimum Gasteiger partial charge on any atom is -0.448 e. The van der Waals surface area contributed by atoms with Gasteiger partial charge in [-0.3, -0.25) is 4.79 Å². The summed E-state index contributed by atoms with van der Waals surface area (Å²) in [5.74, 6) is -0.977. The summed E-state index contributed by atoms with van der Waals surface area (Å²) in [6.07, 6.45) is -0.912. The number of halogens is 1. The maximum atomic E-state index is 12.8. The second-order valence-corrected chi connectivity index (χ2v) is 6.55. The Morgan fingerprint density at radius 2 is 1.82 bits per heavy atom. The lowest BCUT2D eigenvalue weighted by Gasteiger charge is -2.13. The summed E-state index contributed by atoms with van der Waals surface area (Å²) >= 11 is 5.96. The first-order valence-corrected chi connectivity index (χ1v) is 9.27. The monoisotopic (exact) mass is 397 g/mol. The van der Waals surface area contributed by atoms with Crippen molar-refractivity contribution < 1.29 is 14.3 Å². The highest BCUT2D eigenvalue weighted by atomic mass is 35.5. The van der Waals surface area contributed by atoms with Gasteiger partial charge in [0.2, 0.25) is 0 Å². The molecule has 0 aliphatic rings. The number of hydrogen-bond donors (Lipinski definition) is 1. The molecular weight excluding hydrogens is 378 g/mol. The van der Waals surface area contributed by atoms with E-state index in [9.17, 15) is 9.59 Å². The van der Waals surface area contributed by atoms with Gasteiger partial charge >= 0.3 is 5.97 Å². The Bertz CT molecular complexity index is 968. The van der Waals surface area contributed by atoms with E-state index in [0.29, 0.717) is 22.9 Å². The van der Waals surface area contributed by atoms with Crippen molar-refractivity contribution in [3.8, 4) is 16.9 Å². The molecule has 0 unspecified atom stereocenters. The number of nitrogens with zero attached hydrogens (tertiary/aromatic N) is 2. The Morgan fingerprint density at radius 3 is 2.46 bits per heavy atom. The second-order valence-electron chi connectivity index (χ2n) is 6.11. The van der Waals surface area contributed by atoms with E-state index < -0.39 is 12.1 Å². The molecule has 3 aromatic rings. The molecule has 0 radical (unpaired) electrons. The van der Waals surface area contributed by atoms with Crippen molar-refractivity contribution >= 4 is 23.5 Å². The van der Waals surface area contributed by atoms with E-state index in [1.165, 1.54) is 11.6 Å². The van der Waals surface area contributed by atoms with E-state index in [4.69, 9.17) is 16.3 Å². The van der Waals surface area contributed by atoms with Gasteiger partial charge in [-0.25, -0.2) is 9.48 Å². The summed E-state index contributed by atoms with van der Waals surface area (Å²) in [6.45, 7) is 3.80. The van der Waals surface area contributed by atoms with Crippen LogP contribution in [0, 0.1) is 0 Å². The second kappa shape index (κ2) is 8.71. The highest BCUT2D eigenvalue weighted by molar-refractivity contribution is 6.30. The standard InChI is InChI=1S/C21H20ClN3O3/c1-3-23-20(26)14(2)28-21(27)19-13-18(15-9-11-16(22)12-10-15)24-25(19)17-7-5-4-6-8-17/h4-14H,3H2,1-2H3,(H,23,26)/t14-/m0/s1. The fraction of sp³-hybridized carbons (Fsp3) is 0.190. The lowest BCUT2D eigenvalue weighted by atomic mass is 10.1. The molecule has 0 saturated heterocycles. The van der Waals surface area contributed by atoms with E-state index in [2.05, 4.69) is 10.4 Å². The zero-order chi connectivity index (χ0) is 20.1. The summed E-state index contributed by atoms with van der Waals surface area (Å²) in [6, 6.07) is 18.1. The van der Waals surface area contributed by atoms with Crippen molar-refractivity contribution in [1.29, 1.82) is 0 Å². The first-order valence-electron chi connectivity index (χ1n) is 8.89. The molecule has 0 spiro atoms. The number of aromatic nitrogens is 2. The predicted octanol–water partition coefficient (Wildman–Crippen LogP) is 3.87. The smallest absolute Gasteiger partial charge is 0.357 e. The van der Waals surface area contributed by atoms with Crippen LogP contribution in [0.25, 0.3) is 16.9 Å². The number of carbonyl (C=O) groups is 2. The van der Waals surface area contributed by atoms with Crippen molar-refractivity contribution in [2.24, 2.45) is 0 Å². The number of para-hydroxylation sites is 1. The fourth-order valence-corrected chi connectivity index (χ4v) is 2.77. The van der Waals surface area contributed by atoms with Gasteiger partial charge in [0.1, 0.15) is 0 Å². The van der Waals surface area contributed by atoms with Gasteiger partial charge < -0.3 is 10.1 Å². The Kier molecular flexibility index (Phi) is 6.11. The molecule has 1 N–H and O–H groups in total. The highest BCUT2D eigenvalue weighted by Crippen LogP contribution is 2.24. The number of carbonyl (C=O) groups excluding carboxylic acids is 2. The zero-order valence-electron chi connectivity index (χ0n) is 15.6. The van der Waals surface area contributed by atoms with E-state index in [0.717, 1.165) is 5.56 Å². The zero-order valence-corrected chi connectivity index (χ0v) is 16.3. The number of amides is 1. The number of ether oxygens (including phenoxy) is 1. The average Bonchev–Trinajstić information content (AvgIpc) is 3.15. The fourth-order valence-electron chi connectivity index (χ4n) is 2.65. The van der Waals surface area contributed by atoms with Gasteiger partial charge in [-0.1, -0.05) is 41.9 Å². The molecule has 144 valence electrons. The number of esters is 1. The molecule has 7 heteroatoms. The minimum absolute atomic E-state index is 0.229. The van der Waals surface area contributed by atoms with E-state index in [1.54, 1.807) is 25.1 Å². The van der Waals surface area contributed by atoms with Crippen LogP contribution in [0.3, 0.4) is 0 Å². The topological polar surface area (TPSA) is 73.2 Å². The molecule has 1 amide bonds. The van der Waals surface area contributed by atoms with Crippen LogP contribution in [0.2, 0.25) is 5.02 Å². The van der Waals surface area contributed by atoms with Gasteiger partial charge in [0, 0.05) is 17.1 Å². The Balaban J connectivity index is 1.97. The quantitative estimate of drug-likeness (QED) is 0.641. The van der Waals surface area contributed by atoms with Gasteiger partial charge in [-0.15, -0.1) is 0 Å².